The number of hydrogen-bond donors (Lipinski definition) is 0. The van der Waals surface area contributed by atoms with Gasteiger partial charge < -0.3 is 0 Å². The third-order valence-corrected chi connectivity index (χ3v) is 6.13. The summed E-state index contributed by atoms with van der Waals surface area (Å²) in [7, 11) is -3.08. The molecular weight excluding hydrogens is 295 g/mol. The molecule has 0 N–H and O–H groups in total. The Bertz CT molecular complexity index is 423. The zero-order valence-electron chi connectivity index (χ0n) is 15.6. The third kappa shape index (κ3) is 6.75. The molecule has 0 aliphatic rings. The molecule has 1 aromatic carbocycles. The van der Waals surface area contributed by atoms with E-state index in [0.717, 1.165) is 5.30 Å². The molecule has 0 heterocycles. The minimum absolute atomic E-state index is 0.363. The monoisotopic (exact) mass is 328 g/mol. The van der Waals surface area contributed by atoms with E-state index in [1.54, 1.807) is 0 Å². The first kappa shape index (κ1) is 19.6. The fourth-order valence-corrected chi connectivity index (χ4v) is 5.59. The molecule has 1 aromatic rings. The van der Waals surface area contributed by atoms with Crippen LogP contribution in [0.2, 0.25) is 0 Å². The van der Waals surface area contributed by atoms with Crippen LogP contribution in [0.5, 0.6) is 0 Å². The normalized spacial score (nSPS) is 15.0. The average molecular weight is 328 g/mol. The summed E-state index contributed by atoms with van der Waals surface area (Å²) in [6.07, 6.45) is 0. The van der Waals surface area contributed by atoms with Gasteiger partial charge in [-0.3, -0.25) is 0 Å². The number of rotatable bonds is 4. The van der Waals surface area contributed by atoms with Crippen LogP contribution in [0.15, 0.2) is 30.3 Å². The van der Waals surface area contributed by atoms with Crippen LogP contribution in [-0.4, -0.2) is 16.8 Å². The Balaban J connectivity index is 3.41. The zero-order valence-corrected chi connectivity index (χ0v) is 16.6. The van der Waals surface area contributed by atoms with Crippen LogP contribution < -0.4 is 5.30 Å². The Morgan fingerprint density at radius 2 is 0.909 bits per heavy atom. The first-order chi connectivity index (χ1) is 9.73. The second-order valence-electron chi connectivity index (χ2n) is 8.57. The fourth-order valence-electron chi connectivity index (χ4n) is 2.09. The van der Waals surface area contributed by atoms with E-state index >= 15 is 0 Å². The Morgan fingerprint density at radius 3 is 1.18 bits per heavy atom. The summed E-state index contributed by atoms with van der Waals surface area (Å²) >= 11 is 0. The molecule has 0 aromatic heterocycles. The molecule has 1 rings (SSSR count). The van der Waals surface area contributed by atoms with Crippen molar-refractivity contribution in [2.45, 2.75) is 79.1 Å². The summed E-state index contributed by atoms with van der Waals surface area (Å²) < 4.78 is 19.4. The number of hydrogen-bond acceptors (Lipinski definition) is 3. The molecule has 0 atom stereocenters. The molecule has 0 spiro atoms. The van der Waals surface area contributed by atoms with Crippen molar-refractivity contribution in [3.8, 4) is 0 Å². The third-order valence-electron chi connectivity index (χ3n) is 2.45. The van der Waals surface area contributed by atoms with Gasteiger partial charge in [-0.2, -0.15) is 0 Å². The van der Waals surface area contributed by atoms with Crippen LogP contribution in [0.1, 0.15) is 62.3 Å². The van der Waals surface area contributed by atoms with Crippen molar-refractivity contribution in [2.24, 2.45) is 0 Å². The molecule has 0 fully saturated rings. The van der Waals surface area contributed by atoms with Gasteiger partial charge in [-0.15, -0.1) is 0 Å². The first-order valence-electron chi connectivity index (χ1n) is 7.89. The van der Waals surface area contributed by atoms with Gasteiger partial charge >= 0.3 is 136 Å². The van der Waals surface area contributed by atoms with Crippen molar-refractivity contribution in [3.05, 3.63) is 30.3 Å². The molecule has 0 aliphatic heterocycles. The van der Waals surface area contributed by atoms with Crippen LogP contribution in [0.25, 0.3) is 0 Å². The maximum absolute atomic E-state index is 6.46. The van der Waals surface area contributed by atoms with E-state index in [9.17, 15) is 0 Å². The van der Waals surface area contributed by atoms with Gasteiger partial charge in [-0.25, -0.2) is 0 Å². The van der Waals surface area contributed by atoms with Crippen LogP contribution >= 0.6 is 7.94 Å². The van der Waals surface area contributed by atoms with Crippen LogP contribution in [-0.2, 0) is 13.6 Å². The SMILES string of the molecule is CC(C)(C)O[PH](OC(C)(C)C)(OC(C)(C)C)c1ccccc1. The van der Waals surface area contributed by atoms with Gasteiger partial charge in [-0.1, -0.05) is 0 Å². The summed E-state index contributed by atoms with van der Waals surface area (Å²) in [5.74, 6) is 0. The molecule has 4 heteroatoms. The second-order valence-corrected chi connectivity index (χ2v) is 10.9. The van der Waals surface area contributed by atoms with Gasteiger partial charge in [0.1, 0.15) is 0 Å². The summed E-state index contributed by atoms with van der Waals surface area (Å²) in [6.45, 7) is 18.3. The topological polar surface area (TPSA) is 27.7 Å². The molecule has 0 amide bonds. The zero-order chi connectivity index (χ0) is 17.2. The molecule has 0 radical (unpaired) electrons. The predicted octanol–water partition coefficient (Wildman–Crippen LogP) is 5.25. The van der Waals surface area contributed by atoms with Crippen molar-refractivity contribution in [1.29, 1.82) is 0 Å². The Morgan fingerprint density at radius 1 is 0.591 bits per heavy atom. The Kier molecular flexibility index (Phi) is 5.84. The van der Waals surface area contributed by atoms with Gasteiger partial charge in [0.2, 0.25) is 0 Å². The van der Waals surface area contributed by atoms with Gasteiger partial charge in [-0.05, 0) is 0 Å². The molecule has 22 heavy (non-hydrogen) atoms. The van der Waals surface area contributed by atoms with Gasteiger partial charge in [0.25, 0.3) is 0 Å². The Hall–Kier alpha value is -0.470. The molecule has 0 saturated heterocycles. The van der Waals surface area contributed by atoms with E-state index in [1.807, 2.05) is 92.6 Å². The summed E-state index contributed by atoms with van der Waals surface area (Å²) in [5.41, 5.74) is -1.09. The van der Waals surface area contributed by atoms with E-state index in [4.69, 9.17) is 13.6 Å². The predicted molar refractivity (Wildman–Crippen MR) is 96.9 cm³/mol. The van der Waals surface area contributed by atoms with E-state index in [2.05, 4.69) is 0 Å². The van der Waals surface area contributed by atoms with Crippen molar-refractivity contribution >= 4 is 13.2 Å². The molecule has 0 saturated carbocycles. The molecule has 3 nitrogen and oxygen atoms in total. The van der Waals surface area contributed by atoms with Crippen molar-refractivity contribution < 1.29 is 13.6 Å². The summed E-state index contributed by atoms with van der Waals surface area (Å²) in [4.78, 5) is 0. The van der Waals surface area contributed by atoms with Crippen LogP contribution in [0, 0.1) is 0 Å². The van der Waals surface area contributed by atoms with Crippen molar-refractivity contribution in [1.82, 2.24) is 0 Å². The average Bonchev–Trinajstić information content (AvgIpc) is 2.22. The molecule has 0 unspecified atom stereocenters. The standard InChI is InChI=1S/C18H33O3P/c1-16(2,3)19-22(20-17(4,5)6,21-18(7,8)9)15-13-11-10-12-14-15/h10-14,22H,1-9H3. The molecule has 128 valence electrons. The van der Waals surface area contributed by atoms with Crippen molar-refractivity contribution in [2.75, 3.05) is 0 Å². The van der Waals surface area contributed by atoms with E-state index < -0.39 is 7.94 Å². The quantitative estimate of drug-likeness (QED) is 0.706. The molecule has 0 bridgehead atoms. The molecular formula is C18H33O3P. The fraction of sp³-hybridized carbons (Fsp3) is 0.667. The summed E-state index contributed by atoms with van der Waals surface area (Å²) in [5, 5.41) is 0.995. The van der Waals surface area contributed by atoms with Gasteiger partial charge in [0, 0.05) is 0 Å². The first-order valence-corrected chi connectivity index (χ1v) is 9.61. The van der Waals surface area contributed by atoms with Crippen LogP contribution in [0.3, 0.4) is 0 Å². The second kappa shape index (κ2) is 6.57. The molecule has 0 aliphatic carbocycles. The number of benzene rings is 1. The van der Waals surface area contributed by atoms with Crippen LogP contribution in [0.4, 0.5) is 0 Å². The van der Waals surface area contributed by atoms with E-state index in [0.29, 0.717) is 0 Å². The van der Waals surface area contributed by atoms with Crippen molar-refractivity contribution in [3.63, 3.8) is 0 Å². The maximum atomic E-state index is 6.46. The summed E-state index contributed by atoms with van der Waals surface area (Å²) in [6, 6.07) is 10.1. The van der Waals surface area contributed by atoms with E-state index in [-0.39, 0.29) is 16.8 Å². The Labute approximate surface area is 136 Å². The minimum atomic E-state index is -3.08. The van der Waals surface area contributed by atoms with Gasteiger partial charge in [0.15, 0.2) is 0 Å². The van der Waals surface area contributed by atoms with E-state index in [1.165, 1.54) is 0 Å². The van der Waals surface area contributed by atoms with Gasteiger partial charge in [0.05, 0.1) is 0 Å².